The molecular formula is C25H31Cl2N3O4. The van der Waals surface area contributed by atoms with Gasteiger partial charge in [-0.25, -0.2) is 0 Å². The molecule has 0 aromatic heterocycles. The number of fused-ring (bicyclic) bond motifs is 1. The summed E-state index contributed by atoms with van der Waals surface area (Å²) in [4.78, 5) is 54.2. The fraction of sp³-hybridized carbons (Fsp3) is 0.520. The fourth-order valence-electron chi connectivity index (χ4n) is 4.41. The summed E-state index contributed by atoms with van der Waals surface area (Å²) in [5, 5.41) is 3.64. The van der Waals surface area contributed by atoms with E-state index in [1.165, 1.54) is 9.80 Å². The van der Waals surface area contributed by atoms with Gasteiger partial charge < -0.3 is 10.2 Å². The minimum absolute atomic E-state index is 0.0135. The lowest BCUT2D eigenvalue weighted by atomic mass is 9.85. The summed E-state index contributed by atoms with van der Waals surface area (Å²) in [6, 6.07) is 4.28. The number of nitrogens with zero attached hydrogens (tertiary/aromatic N) is 2. The van der Waals surface area contributed by atoms with Gasteiger partial charge in [-0.05, 0) is 38.3 Å². The van der Waals surface area contributed by atoms with E-state index in [9.17, 15) is 19.2 Å². The summed E-state index contributed by atoms with van der Waals surface area (Å²) in [6.07, 6.45) is 6.63. The quantitative estimate of drug-likeness (QED) is 0.295. The Labute approximate surface area is 210 Å². The number of allylic oxidation sites excluding steroid dienone is 2. The maximum atomic E-state index is 13.3. The second-order valence-corrected chi connectivity index (χ2v) is 9.59. The SMILES string of the molecule is CCCCNC(=O)[C@@H](C)N(Cc1c(Cl)cccc1Cl)C(=O)CCN1C(=O)[C@H]2CC=CC[C@H]2C1=O. The molecule has 1 heterocycles. The molecule has 9 heteroatoms. The maximum absolute atomic E-state index is 13.3. The zero-order chi connectivity index (χ0) is 24.8. The smallest absolute Gasteiger partial charge is 0.242 e. The van der Waals surface area contributed by atoms with Crippen molar-refractivity contribution >= 4 is 46.8 Å². The molecule has 184 valence electrons. The molecule has 1 aliphatic carbocycles. The number of carbonyl (C=O) groups excluding carboxylic acids is 4. The Morgan fingerprint density at radius 2 is 1.71 bits per heavy atom. The number of rotatable bonds is 10. The number of amides is 4. The molecule has 34 heavy (non-hydrogen) atoms. The largest absolute Gasteiger partial charge is 0.354 e. The zero-order valence-electron chi connectivity index (χ0n) is 19.6. The van der Waals surface area contributed by atoms with Gasteiger partial charge in [-0.15, -0.1) is 0 Å². The molecule has 1 N–H and O–H groups in total. The first-order chi connectivity index (χ1) is 16.3. The van der Waals surface area contributed by atoms with Gasteiger partial charge >= 0.3 is 0 Å². The minimum atomic E-state index is -0.784. The molecule has 3 rings (SSSR count). The standard InChI is InChI=1S/C25H31Cl2N3O4/c1-3-4-13-28-23(32)16(2)30(15-19-20(26)10-7-11-21(19)27)22(31)12-14-29-24(33)17-8-5-6-9-18(17)25(29)34/h5-7,10-11,16-18H,3-4,8-9,12-15H2,1-2H3,(H,28,32)/t16-,17-,18+/m1/s1. The monoisotopic (exact) mass is 507 g/mol. The highest BCUT2D eigenvalue weighted by Gasteiger charge is 2.47. The van der Waals surface area contributed by atoms with E-state index in [4.69, 9.17) is 23.2 Å². The van der Waals surface area contributed by atoms with Crippen LogP contribution >= 0.6 is 23.2 Å². The first kappa shape index (κ1) is 26.2. The molecule has 0 bridgehead atoms. The van der Waals surface area contributed by atoms with Gasteiger partial charge in [0, 0.05) is 41.7 Å². The molecule has 4 amide bonds. The molecule has 0 unspecified atom stereocenters. The molecular weight excluding hydrogens is 477 g/mol. The van der Waals surface area contributed by atoms with Crippen LogP contribution in [0.15, 0.2) is 30.4 Å². The predicted octanol–water partition coefficient (Wildman–Crippen LogP) is 3.97. The van der Waals surface area contributed by atoms with E-state index >= 15 is 0 Å². The van der Waals surface area contributed by atoms with Gasteiger partial charge in [-0.3, -0.25) is 24.1 Å². The summed E-state index contributed by atoms with van der Waals surface area (Å²) in [5.41, 5.74) is 0.540. The molecule has 0 spiro atoms. The average molecular weight is 508 g/mol. The number of hydrogen-bond donors (Lipinski definition) is 1. The highest BCUT2D eigenvalue weighted by molar-refractivity contribution is 6.36. The van der Waals surface area contributed by atoms with Crippen molar-refractivity contribution in [3.05, 3.63) is 46.0 Å². The molecule has 1 aromatic carbocycles. The van der Waals surface area contributed by atoms with Gasteiger partial charge in [0.1, 0.15) is 6.04 Å². The van der Waals surface area contributed by atoms with Crippen LogP contribution in [0.1, 0.15) is 51.5 Å². The van der Waals surface area contributed by atoms with Crippen molar-refractivity contribution in [3.8, 4) is 0 Å². The lowest BCUT2D eigenvalue weighted by Gasteiger charge is -2.30. The Balaban J connectivity index is 1.74. The van der Waals surface area contributed by atoms with E-state index in [1.807, 2.05) is 19.1 Å². The van der Waals surface area contributed by atoms with Gasteiger partial charge in [0.05, 0.1) is 11.8 Å². The zero-order valence-corrected chi connectivity index (χ0v) is 21.1. The molecule has 1 saturated heterocycles. The molecule has 3 atom stereocenters. The van der Waals surface area contributed by atoms with Crippen molar-refractivity contribution in [3.63, 3.8) is 0 Å². The van der Waals surface area contributed by atoms with Crippen LogP contribution in [0.4, 0.5) is 0 Å². The van der Waals surface area contributed by atoms with Crippen LogP contribution in [0.25, 0.3) is 0 Å². The van der Waals surface area contributed by atoms with Crippen LogP contribution in [0.3, 0.4) is 0 Å². The Morgan fingerprint density at radius 1 is 1.12 bits per heavy atom. The molecule has 0 saturated carbocycles. The van der Waals surface area contributed by atoms with Gasteiger partial charge in [-0.2, -0.15) is 0 Å². The van der Waals surface area contributed by atoms with Crippen molar-refractivity contribution in [1.82, 2.24) is 15.1 Å². The van der Waals surface area contributed by atoms with Gasteiger partial charge in [0.15, 0.2) is 0 Å². The number of unbranched alkanes of at least 4 members (excludes halogenated alkanes) is 1. The average Bonchev–Trinajstić information content (AvgIpc) is 3.06. The minimum Gasteiger partial charge on any atom is -0.354 e. The van der Waals surface area contributed by atoms with Crippen molar-refractivity contribution in [1.29, 1.82) is 0 Å². The van der Waals surface area contributed by atoms with Crippen molar-refractivity contribution in [2.75, 3.05) is 13.1 Å². The number of nitrogens with one attached hydrogen (secondary N) is 1. The van der Waals surface area contributed by atoms with Gasteiger partial charge in [-0.1, -0.05) is 54.8 Å². The number of likely N-dealkylation sites (tertiary alicyclic amines) is 1. The highest BCUT2D eigenvalue weighted by atomic mass is 35.5. The van der Waals surface area contributed by atoms with Gasteiger partial charge in [0.2, 0.25) is 23.6 Å². The van der Waals surface area contributed by atoms with Crippen molar-refractivity contribution in [2.45, 2.75) is 58.5 Å². The van der Waals surface area contributed by atoms with E-state index in [0.29, 0.717) is 35.0 Å². The summed E-state index contributed by atoms with van der Waals surface area (Å²) in [7, 11) is 0. The highest BCUT2D eigenvalue weighted by Crippen LogP contribution is 2.35. The van der Waals surface area contributed by atoms with E-state index < -0.39 is 6.04 Å². The van der Waals surface area contributed by atoms with E-state index in [2.05, 4.69) is 5.32 Å². The number of benzene rings is 1. The van der Waals surface area contributed by atoms with Crippen LogP contribution in [0.5, 0.6) is 0 Å². The van der Waals surface area contributed by atoms with E-state index in [-0.39, 0.29) is 55.0 Å². The Bertz CT molecular complexity index is 935. The third kappa shape index (κ3) is 5.81. The Morgan fingerprint density at radius 3 is 2.26 bits per heavy atom. The summed E-state index contributed by atoms with van der Waals surface area (Å²) >= 11 is 12.7. The van der Waals surface area contributed by atoms with E-state index in [0.717, 1.165) is 12.8 Å². The maximum Gasteiger partial charge on any atom is 0.242 e. The normalized spacial score (nSPS) is 20.3. The lowest BCUT2D eigenvalue weighted by Crippen LogP contribution is -2.48. The predicted molar refractivity (Wildman–Crippen MR) is 131 cm³/mol. The third-order valence-electron chi connectivity index (χ3n) is 6.54. The van der Waals surface area contributed by atoms with E-state index in [1.54, 1.807) is 25.1 Å². The van der Waals surface area contributed by atoms with Crippen LogP contribution in [-0.2, 0) is 25.7 Å². The van der Waals surface area contributed by atoms with Crippen LogP contribution in [0.2, 0.25) is 10.0 Å². The van der Waals surface area contributed by atoms with Crippen LogP contribution < -0.4 is 5.32 Å². The first-order valence-corrected chi connectivity index (χ1v) is 12.5. The second kappa shape index (κ2) is 11.8. The second-order valence-electron chi connectivity index (χ2n) is 8.78. The Hall–Kier alpha value is -2.38. The molecule has 0 radical (unpaired) electrons. The molecule has 7 nitrogen and oxygen atoms in total. The van der Waals surface area contributed by atoms with Crippen molar-refractivity contribution < 1.29 is 19.2 Å². The molecule has 2 aliphatic rings. The van der Waals surface area contributed by atoms with Crippen LogP contribution in [-0.4, -0.2) is 52.6 Å². The number of halogens is 2. The third-order valence-corrected chi connectivity index (χ3v) is 7.24. The van der Waals surface area contributed by atoms with Gasteiger partial charge in [0.25, 0.3) is 0 Å². The molecule has 1 aliphatic heterocycles. The summed E-state index contributed by atoms with van der Waals surface area (Å²) < 4.78 is 0. The topological polar surface area (TPSA) is 86.8 Å². The molecule has 1 aromatic rings. The van der Waals surface area contributed by atoms with Crippen LogP contribution in [0, 0.1) is 11.8 Å². The fourth-order valence-corrected chi connectivity index (χ4v) is 4.93. The number of imide groups is 1. The first-order valence-electron chi connectivity index (χ1n) is 11.8. The summed E-state index contributed by atoms with van der Waals surface area (Å²) in [5.74, 6) is -1.77. The molecule has 1 fully saturated rings. The summed E-state index contributed by atoms with van der Waals surface area (Å²) in [6.45, 7) is 4.22. The number of carbonyl (C=O) groups is 4. The Kier molecular flexibility index (Phi) is 9.14. The number of hydrogen-bond acceptors (Lipinski definition) is 4. The lowest BCUT2D eigenvalue weighted by molar-refractivity contribution is -0.143. The van der Waals surface area contributed by atoms with Crippen molar-refractivity contribution in [2.24, 2.45) is 11.8 Å².